The summed E-state index contributed by atoms with van der Waals surface area (Å²) in [4.78, 5) is 5.06. The number of nitrogens with zero attached hydrogens (tertiary/aromatic N) is 1. The highest BCUT2D eigenvalue weighted by Gasteiger charge is 2.09. The summed E-state index contributed by atoms with van der Waals surface area (Å²) in [6.45, 7) is 2.98. The highest BCUT2D eigenvalue weighted by atomic mass is 79.9. The average Bonchev–Trinajstić information content (AvgIpc) is 2.78. The molecule has 0 aliphatic heterocycles. The molecule has 5 heteroatoms. The minimum Gasteiger partial charge on any atom is -0.362 e. The smallest absolute Gasteiger partial charge is 0.183 e. The van der Waals surface area contributed by atoms with Gasteiger partial charge in [-0.25, -0.2) is 9.37 Å². The number of nitrogens with one attached hydrogen (secondary N) is 1. The Labute approximate surface area is 112 Å². The maximum absolute atomic E-state index is 13.7. The summed E-state index contributed by atoms with van der Waals surface area (Å²) in [5, 5.41) is 4.03. The van der Waals surface area contributed by atoms with Gasteiger partial charge >= 0.3 is 0 Å². The first-order valence-corrected chi connectivity index (χ1v) is 6.96. The van der Waals surface area contributed by atoms with Crippen molar-refractivity contribution in [3.05, 3.63) is 34.7 Å². The molecule has 1 heterocycles. The molecule has 0 bridgehead atoms. The Morgan fingerprint density at radius 2 is 2.29 bits per heavy atom. The number of thiazole rings is 1. The number of aromatic nitrogens is 1. The van der Waals surface area contributed by atoms with E-state index in [2.05, 4.69) is 33.2 Å². The summed E-state index contributed by atoms with van der Waals surface area (Å²) in [5.41, 5.74) is 0.585. The first kappa shape index (κ1) is 12.5. The Balaban J connectivity index is 2.27. The van der Waals surface area contributed by atoms with Crippen molar-refractivity contribution in [2.75, 3.05) is 11.9 Å². The van der Waals surface area contributed by atoms with Crippen LogP contribution in [-0.2, 0) is 0 Å². The molecule has 1 aromatic carbocycles. The highest BCUT2D eigenvalue weighted by Crippen LogP contribution is 2.32. The van der Waals surface area contributed by atoms with E-state index in [4.69, 9.17) is 0 Å². The summed E-state index contributed by atoms with van der Waals surface area (Å²) in [6, 6.07) is 4.92. The maximum atomic E-state index is 13.7. The average molecular weight is 315 g/mol. The summed E-state index contributed by atoms with van der Waals surface area (Å²) >= 11 is 4.81. The van der Waals surface area contributed by atoms with Crippen molar-refractivity contribution in [2.24, 2.45) is 0 Å². The standard InChI is InChI=1S/C12H12BrFN2S/c1-2-5-15-12-16-7-11(17-12)9-6-8(13)3-4-10(9)14/h3-4,6-7H,2,5H2,1H3,(H,15,16). The van der Waals surface area contributed by atoms with E-state index in [1.54, 1.807) is 18.3 Å². The van der Waals surface area contributed by atoms with Crippen LogP contribution in [-0.4, -0.2) is 11.5 Å². The van der Waals surface area contributed by atoms with E-state index in [0.717, 1.165) is 27.4 Å². The molecule has 0 aliphatic carbocycles. The first-order valence-electron chi connectivity index (χ1n) is 5.36. The Morgan fingerprint density at radius 3 is 3.06 bits per heavy atom. The van der Waals surface area contributed by atoms with Crippen molar-refractivity contribution in [3.63, 3.8) is 0 Å². The van der Waals surface area contributed by atoms with Crippen LogP contribution in [0.25, 0.3) is 10.4 Å². The Kier molecular flexibility index (Phi) is 4.12. The number of hydrogen-bond acceptors (Lipinski definition) is 3. The molecular weight excluding hydrogens is 303 g/mol. The summed E-state index contributed by atoms with van der Waals surface area (Å²) < 4.78 is 14.5. The summed E-state index contributed by atoms with van der Waals surface area (Å²) in [6.07, 6.45) is 2.74. The van der Waals surface area contributed by atoms with Gasteiger partial charge in [0.1, 0.15) is 5.82 Å². The lowest BCUT2D eigenvalue weighted by molar-refractivity contribution is 0.631. The fourth-order valence-electron chi connectivity index (χ4n) is 1.40. The number of rotatable bonds is 4. The number of anilines is 1. The van der Waals surface area contributed by atoms with Crippen molar-refractivity contribution in [3.8, 4) is 10.4 Å². The van der Waals surface area contributed by atoms with Gasteiger partial charge in [-0.2, -0.15) is 0 Å². The molecule has 0 saturated carbocycles. The second-order valence-electron chi connectivity index (χ2n) is 3.58. The molecular formula is C12H12BrFN2S. The van der Waals surface area contributed by atoms with Crippen molar-refractivity contribution in [2.45, 2.75) is 13.3 Å². The number of hydrogen-bond donors (Lipinski definition) is 1. The van der Waals surface area contributed by atoms with Gasteiger partial charge in [0, 0.05) is 22.8 Å². The van der Waals surface area contributed by atoms with Gasteiger partial charge in [-0.1, -0.05) is 34.2 Å². The minimum absolute atomic E-state index is 0.223. The van der Waals surface area contributed by atoms with Gasteiger partial charge in [0.05, 0.1) is 4.88 Å². The van der Waals surface area contributed by atoms with E-state index in [0.29, 0.717) is 5.56 Å². The fourth-order valence-corrected chi connectivity index (χ4v) is 2.62. The van der Waals surface area contributed by atoms with Gasteiger partial charge in [0.15, 0.2) is 5.13 Å². The lowest BCUT2D eigenvalue weighted by atomic mass is 10.2. The van der Waals surface area contributed by atoms with Crippen molar-refractivity contribution in [1.29, 1.82) is 0 Å². The van der Waals surface area contributed by atoms with Crippen molar-refractivity contribution >= 4 is 32.4 Å². The fraction of sp³-hybridized carbons (Fsp3) is 0.250. The molecule has 2 rings (SSSR count). The van der Waals surface area contributed by atoms with Gasteiger partial charge in [-0.3, -0.25) is 0 Å². The van der Waals surface area contributed by atoms with Crippen LogP contribution in [0.5, 0.6) is 0 Å². The van der Waals surface area contributed by atoms with Crippen LogP contribution < -0.4 is 5.32 Å². The van der Waals surface area contributed by atoms with Crippen LogP contribution in [0.15, 0.2) is 28.9 Å². The highest BCUT2D eigenvalue weighted by molar-refractivity contribution is 9.10. The zero-order valence-corrected chi connectivity index (χ0v) is 11.7. The van der Waals surface area contributed by atoms with E-state index < -0.39 is 0 Å². The van der Waals surface area contributed by atoms with Crippen LogP contribution >= 0.6 is 27.3 Å². The zero-order valence-electron chi connectivity index (χ0n) is 9.34. The number of halogens is 2. The first-order chi connectivity index (χ1) is 8.20. The molecule has 0 aliphatic rings. The topological polar surface area (TPSA) is 24.9 Å². The van der Waals surface area contributed by atoms with Crippen LogP contribution in [0.4, 0.5) is 9.52 Å². The third-order valence-electron chi connectivity index (χ3n) is 2.23. The number of benzene rings is 1. The summed E-state index contributed by atoms with van der Waals surface area (Å²) in [5.74, 6) is -0.223. The van der Waals surface area contributed by atoms with Gasteiger partial charge in [-0.15, -0.1) is 0 Å². The Bertz CT molecular complexity index is 513. The second kappa shape index (κ2) is 5.60. The largest absolute Gasteiger partial charge is 0.362 e. The molecule has 0 radical (unpaired) electrons. The lowest BCUT2D eigenvalue weighted by Gasteiger charge is -2.00. The molecule has 17 heavy (non-hydrogen) atoms. The monoisotopic (exact) mass is 314 g/mol. The van der Waals surface area contributed by atoms with E-state index in [1.807, 2.05) is 0 Å². The van der Waals surface area contributed by atoms with Gasteiger partial charge in [0.25, 0.3) is 0 Å². The molecule has 1 aromatic heterocycles. The SMILES string of the molecule is CCCNc1ncc(-c2cc(Br)ccc2F)s1. The molecule has 0 spiro atoms. The van der Waals surface area contributed by atoms with E-state index in [-0.39, 0.29) is 5.82 Å². The van der Waals surface area contributed by atoms with E-state index in [1.165, 1.54) is 17.4 Å². The molecule has 0 amide bonds. The molecule has 90 valence electrons. The van der Waals surface area contributed by atoms with E-state index >= 15 is 0 Å². The maximum Gasteiger partial charge on any atom is 0.183 e. The van der Waals surface area contributed by atoms with Gasteiger partial charge in [-0.05, 0) is 24.6 Å². The third kappa shape index (κ3) is 3.04. The minimum atomic E-state index is -0.223. The molecule has 0 saturated heterocycles. The van der Waals surface area contributed by atoms with Crippen molar-refractivity contribution < 1.29 is 4.39 Å². The van der Waals surface area contributed by atoms with Crippen molar-refractivity contribution in [1.82, 2.24) is 4.98 Å². The lowest BCUT2D eigenvalue weighted by Crippen LogP contribution is -1.97. The van der Waals surface area contributed by atoms with Crippen LogP contribution in [0.3, 0.4) is 0 Å². The molecule has 0 atom stereocenters. The molecule has 0 unspecified atom stereocenters. The Morgan fingerprint density at radius 1 is 1.47 bits per heavy atom. The third-order valence-corrected chi connectivity index (χ3v) is 3.71. The molecule has 0 fully saturated rings. The summed E-state index contributed by atoms with van der Waals surface area (Å²) in [7, 11) is 0. The van der Waals surface area contributed by atoms with Gasteiger partial charge in [0.2, 0.25) is 0 Å². The Hall–Kier alpha value is -0.940. The zero-order chi connectivity index (χ0) is 12.3. The van der Waals surface area contributed by atoms with Crippen LogP contribution in [0.1, 0.15) is 13.3 Å². The van der Waals surface area contributed by atoms with Crippen LogP contribution in [0.2, 0.25) is 0 Å². The second-order valence-corrected chi connectivity index (χ2v) is 5.53. The predicted molar refractivity (Wildman–Crippen MR) is 74.0 cm³/mol. The van der Waals surface area contributed by atoms with Crippen LogP contribution in [0, 0.1) is 5.82 Å². The molecule has 1 N–H and O–H groups in total. The van der Waals surface area contributed by atoms with E-state index in [9.17, 15) is 4.39 Å². The molecule has 2 aromatic rings. The molecule has 2 nitrogen and oxygen atoms in total. The normalized spacial score (nSPS) is 10.5. The van der Waals surface area contributed by atoms with Gasteiger partial charge < -0.3 is 5.32 Å². The quantitative estimate of drug-likeness (QED) is 0.896. The predicted octanol–water partition coefficient (Wildman–Crippen LogP) is 4.53.